The standard InChI is InChI=1S/C21H24N4O3/c1-12(2)19(26)23-16-7-4-13(3)17(11-16)24-21(28)15-8-9-22-18(10-15)25-20(27)14-5-6-14/h4,7-12,14H,5-6H2,1-3H3,(H,23,26)(H,24,28)(H,22,25,27). The third kappa shape index (κ3) is 4.94. The van der Waals surface area contributed by atoms with Crippen LogP contribution in [0, 0.1) is 18.8 Å². The van der Waals surface area contributed by atoms with E-state index in [4.69, 9.17) is 0 Å². The third-order valence-corrected chi connectivity index (χ3v) is 4.50. The fourth-order valence-electron chi connectivity index (χ4n) is 2.53. The van der Waals surface area contributed by atoms with Gasteiger partial charge in [0, 0.05) is 35.0 Å². The largest absolute Gasteiger partial charge is 0.326 e. The normalized spacial score (nSPS) is 13.1. The maximum atomic E-state index is 12.7. The van der Waals surface area contributed by atoms with Gasteiger partial charge in [0.25, 0.3) is 5.91 Å². The van der Waals surface area contributed by atoms with Gasteiger partial charge in [-0.1, -0.05) is 19.9 Å². The van der Waals surface area contributed by atoms with Crippen molar-refractivity contribution in [3.63, 3.8) is 0 Å². The Bertz CT molecular complexity index is 920. The van der Waals surface area contributed by atoms with E-state index < -0.39 is 0 Å². The highest BCUT2D eigenvalue weighted by Crippen LogP contribution is 2.30. The van der Waals surface area contributed by atoms with Crippen LogP contribution in [0.5, 0.6) is 0 Å². The number of aryl methyl sites for hydroxylation is 1. The highest BCUT2D eigenvalue weighted by molar-refractivity contribution is 6.06. The van der Waals surface area contributed by atoms with Crippen molar-refractivity contribution in [1.82, 2.24) is 4.98 Å². The van der Waals surface area contributed by atoms with Crippen LogP contribution in [-0.2, 0) is 9.59 Å². The quantitative estimate of drug-likeness (QED) is 0.713. The minimum absolute atomic E-state index is 0.0607. The first kappa shape index (κ1) is 19.5. The lowest BCUT2D eigenvalue weighted by molar-refractivity contribution is -0.119. The Labute approximate surface area is 163 Å². The Morgan fingerprint density at radius 3 is 2.46 bits per heavy atom. The Morgan fingerprint density at radius 2 is 1.79 bits per heavy atom. The molecule has 3 N–H and O–H groups in total. The van der Waals surface area contributed by atoms with Gasteiger partial charge in [-0.15, -0.1) is 0 Å². The van der Waals surface area contributed by atoms with E-state index in [2.05, 4.69) is 20.9 Å². The minimum Gasteiger partial charge on any atom is -0.326 e. The molecule has 1 aliphatic rings. The summed E-state index contributed by atoms with van der Waals surface area (Å²) in [6, 6.07) is 8.49. The number of amides is 3. The van der Waals surface area contributed by atoms with Crippen LogP contribution in [0.1, 0.15) is 42.6 Å². The van der Waals surface area contributed by atoms with E-state index in [0.717, 1.165) is 18.4 Å². The van der Waals surface area contributed by atoms with Crippen LogP contribution in [-0.4, -0.2) is 22.7 Å². The molecule has 0 radical (unpaired) electrons. The van der Waals surface area contributed by atoms with Crippen LogP contribution in [0.4, 0.5) is 17.2 Å². The highest BCUT2D eigenvalue weighted by Gasteiger charge is 2.29. The van der Waals surface area contributed by atoms with Crippen LogP contribution in [0.2, 0.25) is 0 Å². The van der Waals surface area contributed by atoms with E-state index >= 15 is 0 Å². The maximum Gasteiger partial charge on any atom is 0.255 e. The van der Waals surface area contributed by atoms with Gasteiger partial charge in [0.05, 0.1) is 0 Å². The average molecular weight is 380 g/mol. The molecule has 1 aromatic heterocycles. The fourth-order valence-corrected chi connectivity index (χ4v) is 2.53. The van der Waals surface area contributed by atoms with E-state index in [1.165, 1.54) is 6.20 Å². The smallest absolute Gasteiger partial charge is 0.255 e. The van der Waals surface area contributed by atoms with Crippen molar-refractivity contribution in [2.45, 2.75) is 33.6 Å². The predicted octanol–water partition coefficient (Wildman–Crippen LogP) is 3.59. The lowest BCUT2D eigenvalue weighted by atomic mass is 10.1. The monoisotopic (exact) mass is 380 g/mol. The van der Waals surface area contributed by atoms with Gasteiger partial charge in [0.1, 0.15) is 5.82 Å². The van der Waals surface area contributed by atoms with Gasteiger partial charge in [-0.3, -0.25) is 14.4 Å². The first-order valence-electron chi connectivity index (χ1n) is 9.33. The second kappa shape index (κ2) is 8.21. The number of benzene rings is 1. The zero-order valence-corrected chi connectivity index (χ0v) is 16.2. The van der Waals surface area contributed by atoms with Gasteiger partial charge in [-0.2, -0.15) is 0 Å². The second-order valence-corrected chi connectivity index (χ2v) is 7.32. The van der Waals surface area contributed by atoms with Gasteiger partial charge in [-0.25, -0.2) is 4.98 Å². The van der Waals surface area contributed by atoms with Crippen molar-refractivity contribution in [2.24, 2.45) is 11.8 Å². The van der Waals surface area contributed by atoms with Gasteiger partial charge in [0.2, 0.25) is 11.8 Å². The summed E-state index contributed by atoms with van der Waals surface area (Å²) in [5, 5.41) is 8.41. The van der Waals surface area contributed by atoms with Crippen molar-refractivity contribution in [3.8, 4) is 0 Å². The fraction of sp³-hybridized carbons (Fsp3) is 0.333. The van der Waals surface area contributed by atoms with E-state index in [0.29, 0.717) is 22.8 Å². The number of pyridine rings is 1. The molecule has 1 aliphatic carbocycles. The Hall–Kier alpha value is -3.22. The topological polar surface area (TPSA) is 100 Å². The third-order valence-electron chi connectivity index (χ3n) is 4.50. The van der Waals surface area contributed by atoms with Crippen molar-refractivity contribution in [3.05, 3.63) is 47.7 Å². The van der Waals surface area contributed by atoms with Crippen molar-refractivity contribution in [2.75, 3.05) is 16.0 Å². The first-order chi connectivity index (χ1) is 13.3. The van der Waals surface area contributed by atoms with Crippen LogP contribution in [0.25, 0.3) is 0 Å². The van der Waals surface area contributed by atoms with Gasteiger partial charge in [-0.05, 0) is 49.6 Å². The molecule has 7 nitrogen and oxygen atoms in total. The Morgan fingerprint density at radius 1 is 1.04 bits per heavy atom. The molecule has 146 valence electrons. The summed E-state index contributed by atoms with van der Waals surface area (Å²) in [6.07, 6.45) is 3.29. The van der Waals surface area contributed by atoms with Gasteiger partial charge in [0.15, 0.2) is 0 Å². The molecule has 0 aliphatic heterocycles. The second-order valence-electron chi connectivity index (χ2n) is 7.32. The molecule has 0 unspecified atom stereocenters. The molecule has 28 heavy (non-hydrogen) atoms. The molecule has 7 heteroatoms. The van der Waals surface area contributed by atoms with Gasteiger partial charge >= 0.3 is 0 Å². The summed E-state index contributed by atoms with van der Waals surface area (Å²) >= 11 is 0. The van der Waals surface area contributed by atoms with Crippen LogP contribution >= 0.6 is 0 Å². The molecule has 0 bridgehead atoms. The van der Waals surface area contributed by atoms with Crippen molar-refractivity contribution in [1.29, 1.82) is 0 Å². The lowest BCUT2D eigenvalue weighted by Crippen LogP contribution is -2.18. The number of anilines is 3. The minimum atomic E-state index is -0.320. The molecular formula is C21H24N4O3. The Balaban J connectivity index is 1.71. The molecule has 1 heterocycles. The van der Waals surface area contributed by atoms with Crippen LogP contribution in [0.3, 0.4) is 0 Å². The summed E-state index contributed by atoms with van der Waals surface area (Å²) in [6.45, 7) is 5.50. The average Bonchev–Trinajstić information content (AvgIpc) is 3.50. The summed E-state index contributed by atoms with van der Waals surface area (Å²) in [4.78, 5) is 40.5. The van der Waals surface area contributed by atoms with E-state index in [-0.39, 0.29) is 29.6 Å². The van der Waals surface area contributed by atoms with Crippen molar-refractivity contribution < 1.29 is 14.4 Å². The van der Waals surface area contributed by atoms with E-state index in [9.17, 15) is 14.4 Å². The lowest BCUT2D eigenvalue weighted by Gasteiger charge is -2.13. The number of nitrogens with one attached hydrogen (secondary N) is 3. The molecular weight excluding hydrogens is 356 g/mol. The molecule has 0 saturated heterocycles. The van der Waals surface area contributed by atoms with Crippen LogP contribution in [0.15, 0.2) is 36.5 Å². The zero-order valence-electron chi connectivity index (χ0n) is 16.2. The molecule has 1 aromatic carbocycles. The molecule has 1 fully saturated rings. The number of carbonyl (C=O) groups excluding carboxylic acids is 3. The summed E-state index contributed by atoms with van der Waals surface area (Å²) in [5.41, 5.74) is 2.47. The SMILES string of the molecule is Cc1ccc(NC(=O)C(C)C)cc1NC(=O)c1ccnc(NC(=O)C2CC2)c1. The predicted molar refractivity (Wildman–Crippen MR) is 108 cm³/mol. The number of rotatable bonds is 6. The summed E-state index contributed by atoms with van der Waals surface area (Å²) in [7, 11) is 0. The van der Waals surface area contributed by atoms with E-state index in [1.54, 1.807) is 24.3 Å². The molecule has 1 saturated carbocycles. The number of aromatic nitrogens is 1. The first-order valence-corrected chi connectivity index (χ1v) is 9.33. The van der Waals surface area contributed by atoms with E-state index in [1.807, 2.05) is 26.8 Å². The number of carbonyl (C=O) groups is 3. The molecule has 3 amide bonds. The summed E-state index contributed by atoms with van der Waals surface area (Å²) < 4.78 is 0. The molecule has 0 spiro atoms. The van der Waals surface area contributed by atoms with Gasteiger partial charge < -0.3 is 16.0 Å². The van der Waals surface area contributed by atoms with Crippen molar-refractivity contribution >= 4 is 34.9 Å². The van der Waals surface area contributed by atoms with Crippen LogP contribution < -0.4 is 16.0 Å². The zero-order chi connectivity index (χ0) is 20.3. The maximum absolute atomic E-state index is 12.7. The number of hydrogen-bond donors (Lipinski definition) is 3. The highest BCUT2D eigenvalue weighted by atomic mass is 16.2. The molecule has 2 aromatic rings. The summed E-state index contributed by atoms with van der Waals surface area (Å²) in [5.74, 6) is -0.189. The number of nitrogens with zero attached hydrogens (tertiary/aromatic N) is 1. The molecule has 0 atom stereocenters. The molecule has 3 rings (SSSR count). The number of hydrogen-bond acceptors (Lipinski definition) is 4. The Kier molecular flexibility index (Phi) is 5.73.